The van der Waals surface area contributed by atoms with Crippen LogP contribution in [-0.2, 0) is 0 Å². The number of nitrogens with zero attached hydrogens (tertiary/aromatic N) is 5. The van der Waals surface area contributed by atoms with Crippen molar-refractivity contribution in [2.24, 2.45) is 0 Å². The molecule has 0 saturated heterocycles. The number of fused-ring (bicyclic) bond motifs is 9. The zero-order valence-corrected chi connectivity index (χ0v) is 29.5. The van der Waals surface area contributed by atoms with Crippen molar-refractivity contribution in [3.05, 3.63) is 193 Å². The van der Waals surface area contributed by atoms with Gasteiger partial charge in [-0.2, -0.15) is 5.26 Å². The molecule has 0 fully saturated rings. The molecule has 11 aromatic rings. The number of nitriles is 1. The zero-order chi connectivity index (χ0) is 36.6. The van der Waals surface area contributed by atoms with Gasteiger partial charge in [0.15, 0.2) is 5.69 Å². The predicted molar refractivity (Wildman–Crippen MR) is 226 cm³/mol. The second kappa shape index (κ2) is 11.8. The van der Waals surface area contributed by atoms with Gasteiger partial charge >= 0.3 is 0 Å². The van der Waals surface area contributed by atoms with Crippen LogP contribution in [0.2, 0.25) is 0 Å². The molecule has 0 bridgehead atoms. The predicted octanol–water partition coefficient (Wildman–Crippen LogP) is 13.1. The molecule has 8 aromatic carbocycles. The van der Waals surface area contributed by atoms with Crippen LogP contribution in [0.25, 0.3) is 98.5 Å². The summed E-state index contributed by atoms with van der Waals surface area (Å²) in [5.41, 5.74) is 12.9. The third kappa shape index (κ3) is 4.58. The first kappa shape index (κ1) is 30.7. The minimum atomic E-state index is 0.590. The Balaban J connectivity index is 1.09. The Morgan fingerprint density at radius 2 is 0.873 bits per heavy atom. The van der Waals surface area contributed by atoms with Crippen LogP contribution in [-0.4, -0.2) is 13.7 Å². The van der Waals surface area contributed by atoms with Crippen LogP contribution in [0.3, 0.4) is 0 Å². The fraction of sp³-hybridized carbons (Fsp3) is 0. The molecule has 0 radical (unpaired) electrons. The van der Waals surface area contributed by atoms with E-state index in [9.17, 15) is 5.26 Å². The van der Waals surface area contributed by atoms with Gasteiger partial charge in [-0.05, 0) is 96.1 Å². The molecule has 0 aliphatic rings. The maximum atomic E-state index is 9.84. The fourth-order valence-electron chi connectivity index (χ4n) is 8.66. The molecule has 0 atom stereocenters. The highest BCUT2D eigenvalue weighted by Gasteiger charge is 2.18. The van der Waals surface area contributed by atoms with Crippen molar-refractivity contribution in [2.45, 2.75) is 0 Å². The number of hydrogen-bond donors (Lipinski definition) is 0. The average molecular weight is 700 g/mol. The monoisotopic (exact) mass is 699 g/mol. The van der Waals surface area contributed by atoms with E-state index in [0.717, 1.165) is 72.1 Å². The smallest absolute Gasteiger partial charge is 0.189 e. The van der Waals surface area contributed by atoms with E-state index < -0.39 is 0 Å². The van der Waals surface area contributed by atoms with Crippen LogP contribution in [0.15, 0.2) is 176 Å². The summed E-state index contributed by atoms with van der Waals surface area (Å²) >= 11 is 0. The van der Waals surface area contributed by atoms with E-state index in [1.54, 1.807) is 0 Å². The molecule has 3 heterocycles. The van der Waals surface area contributed by atoms with Gasteiger partial charge in [0.05, 0.1) is 51.3 Å². The van der Waals surface area contributed by atoms with Gasteiger partial charge in [0.1, 0.15) is 0 Å². The molecule has 0 N–H and O–H groups in total. The Labute approximate surface area is 316 Å². The van der Waals surface area contributed by atoms with Gasteiger partial charge in [0.25, 0.3) is 0 Å². The lowest BCUT2D eigenvalue weighted by Crippen LogP contribution is -1.97. The highest BCUT2D eigenvalue weighted by molar-refractivity contribution is 6.12. The van der Waals surface area contributed by atoms with Crippen molar-refractivity contribution in [1.82, 2.24) is 13.7 Å². The number of aromatic nitrogens is 3. The van der Waals surface area contributed by atoms with E-state index in [0.29, 0.717) is 11.3 Å². The molecular weight excluding hydrogens is 671 g/mol. The first-order valence-electron chi connectivity index (χ1n) is 18.3. The van der Waals surface area contributed by atoms with Crippen LogP contribution < -0.4 is 0 Å². The summed E-state index contributed by atoms with van der Waals surface area (Å²) in [6.45, 7) is 8.01. The lowest BCUT2D eigenvalue weighted by Gasteiger charge is -2.13. The Hall–Kier alpha value is -7.86. The molecule has 254 valence electrons. The second-order valence-corrected chi connectivity index (χ2v) is 14.0. The van der Waals surface area contributed by atoms with Crippen molar-refractivity contribution in [3.63, 3.8) is 0 Å². The molecule has 0 spiro atoms. The summed E-state index contributed by atoms with van der Waals surface area (Å²) in [4.78, 5) is 3.90. The lowest BCUT2D eigenvalue weighted by molar-refractivity contribution is 1.15. The first-order valence-corrected chi connectivity index (χ1v) is 18.3. The number of benzene rings is 8. The Bertz CT molecular complexity index is 3350. The molecule has 55 heavy (non-hydrogen) atoms. The molecule has 0 aliphatic carbocycles. The SMILES string of the molecule is [C-]#[N+]c1cc(-c2ccc(-n3c4ccc(C#N)cc4c4ccc(-n5c6ccccc6c6ccccc65)cc43)cc2)cc(-n2c3ccccc3c3ccccc32)c1. The number of hydrogen-bond acceptors (Lipinski definition) is 1. The van der Waals surface area contributed by atoms with Crippen LogP contribution in [0.1, 0.15) is 5.56 Å². The quantitative estimate of drug-likeness (QED) is 0.169. The molecule has 0 aliphatic heterocycles. The van der Waals surface area contributed by atoms with E-state index >= 15 is 0 Å². The second-order valence-electron chi connectivity index (χ2n) is 14.0. The van der Waals surface area contributed by atoms with Gasteiger partial charge in [-0.3, -0.25) is 0 Å². The van der Waals surface area contributed by atoms with Crippen LogP contribution in [0.5, 0.6) is 0 Å². The molecule has 3 aromatic heterocycles. The number of para-hydroxylation sites is 4. The van der Waals surface area contributed by atoms with E-state index in [4.69, 9.17) is 6.57 Å². The van der Waals surface area contributed by atoms with Crippen molar-refractivity contribution >= 4 is 71.1 Å². The first-order chi connectivity index (χ1) is 27.2. The number of rotatable bonds is 4. The lowest BCUT2D eigenvalue weighted by atomic mass is 10.0. The summed E-state index contributed by atoms with van der Waals surface area (Å²) in [6, 6.07) is 63.7. The molecule has 5 nitrogen and oxygen atoms in total. The topological polar surface area (TPSA) is 42.9 Å². The molecule has 5 heteroatoms. The summed E-state index contributed by atoms with van der Waals surface area (Å²) in [6.07, 6.45) is 0. The van der Waals surface area contributed by atoms with Gasteiger partial charge < -0.3 is 13.7 Å². The minimum Gasteiger partial charge on any atom is -0.310 e. The fourth-order valence-corrected chi connectivity index (χ4v) is 8.66. The van der Waals surface area contributed by atoms with Crippen LogP contribution in [0.4, 0.5) is 5.69 Å². The van der Waals surface area contributed by atoms with Gasteiger partial charge in [-0.25, -0.2) is 4.85 Å². The van der Waals surface area contributed by atoms with Crippen molar-refractivity contribution in [1.29, 1.82) is 5.26 Å². The summed E-state index contributed by atoms with van der Waals surface area (Å²) < 4.78 is 6.90. The van der Waals surface area contributed by atoms with Gasteiger partial charge in [-0.1, -0.05) is 91.0 Å². The van der Waals surface area contributed by atoms with E-state index in [2.05, 4.69) is 176 Å². The van der Waals surface area contributed by atoms with Gasteiger partial charge in [0.2, 0.25) is 0 Å². The normalized spacial score (nSPS) is 11.6. The molecule has 0 amide bonds. The maximum absolute atomic E-state index is 9.84. The highest BCUT2D eigenvalue weighted by Crippen LogP contribution is 2.39. The van der Waals surface area contributed by atoms with E-state index in [1.807, 2.05) is 24.3 Å². The average Bonchev–Trinajstić information content (AvgIpc) is 3.88. The van der Waals surface area contributed by atoms with Gasteiger partial charge in [-0.15, -0.1) is 0 Å². The van der Waals surface area contributed by atoms with E-state index in [-0.39, 0.29) is 0 Å². The van der Waals surface area contributed by atoms with Crippen molar-refractivity contribution < 1.29 is 0 Å². The Kier molecular flexibility index (Phi) is 6.61. The van der Waals surface area contributed by atoms with E-state index in [1.165, 1.54) is 21.5 Å². The summed E-state index contributed by atoms with van der Waals surface area (Å²) in [5.74, 6) is 0. The largest absolute Gasteiger partial charge is 0.310 e. The minimum absolute atomic E-state index is 0.590. The third-order valence-corrected chi connectivity index (χ3v) is 11.0. The summed E-state index contributed by atoms with van der Waals surface area (Å²) in [7, 11) is 0. The standard InChI is InChI=1S/C50H29N5/c1-52-35-27-34(28-38(29-35)55-47-16-8-4-12-41(47)42-13-5-9-17-48(42)55)33-19-21-36(22-20-33)53-49-25-18-32(31-51)26-44(49)43-24-23-37(30-50(43)53)54-45-14-6-2-10-39(45)40-11-3-7-15-46(40)54/h2-30H. The Morgan fingerprint density at radius 1 is 0.382 bits per heavy atom. The molecule has 11 rings (SSSR count). The third-order valence-electron chi connectivity index (χ3n) is 11.0. The molecular formula is C50H29N5. The Morgan fingerprint density at radius 3 is 1.44 bits per heavy atom. The van der Waals surface area contributed by atoms with Crippen molar-refractivity contribution in [3.8, 4) is 34.3 Å². The zero-order valence-electron chi connectivity index (χ0n) is 29.5. The summed E-state index contributed by atoms with van der Waals surface area (Å²) in [5, 5.41) is 16.8. The van der Waals surface area contributed by atoms with Gasteiger partial charge in [0, 0.05) is 49.4 Å². The molecule has 0 saturated carbocycles. The molecule has 0 unspecified atom stereocenters. The van der Waals surface area contributed by atoms with Crippen LogP contribution in [0, 0.1) is 17.9 Å². The van der Waals surface area contributed by atoms with Crippen molar-refractivity contribution in [2.75, 3.05) is 0 Å². The highest BCUT2D eigenvalue weighted by atomic mass is 15.0. The van der Waals surface area contributed by atoms with Crippen LogP contribution >= 0.6 is 0 Å². The maximum Gasteiger partial charge on any atom is 0.189 e.